The molecule has 7 nitrogen and oxygen atoms in total. The molecule has 1 fully saturated rings. The average Bonchev–Trinajstić information content (AvgIpc) is 3.66. The van der Waals surface area contributed by atoms with Gasteiger partial charge in [0.25, 0.3) is 5.91 Å². The number of rotatable bonds is 9. The SMILES string of the molecule is COc1cccc(C(=O)N(Cc2cc3ccc(OC)cc3nc2N(C)Cc2csc(C)n2)C2CC2)c1. The molecule has 36 heavy (non-hydrogen) atoms. The summed E-state index contributed by atoms with van der Waals surface area (Å²) >= 11 is 1.64. The van der Waals surface area contributed by atoms with E-state index in [4.69, 9.17) is 14.5 Å². The molecular weight excluding hydrogens is 472 g/mol. The Kier molecular flexibility index (Phi) is 6.78. The molecule has 0 N–H and O–H groups in total. The van der Waals surface area contributed by atoms with Crippen LogP contribution in [0.25, 0.3) is 10.9 Å². The van der Waals surface area contributed by atoms with Crippen molar-refractivity contribution in [3.05, 3.63) is 75.7 Å². The topological polar surface area (TPSA) is 67.8 Å². The molecule has 186 valence electrons. The number of nitrogens with zero attached hydrogens (tertiary/aromatic N) is 4. The lowest BCUT2D eigenvalue weighted by Gasteiger charge is -2.27. The number of benzene rings is 2. The number of ether oxygens (including phenoxy) is 2. The quantitative estimate of drug-likeness (QED) is 0.303. The van der Waals surface area contributed by atoms with Crippen LogP contribution in [0.4, 0.5) is 5.82 Å². The highest BCUT2D eigenvalue weighted by Gasteiger charge is 2.34. The molecule has 1 aliphatic carbocycles. The van der Waals surface area contributed by atoms with Gasteiger partial charge < -0.3 is 19.3 Å². The molecule has 5 rings (SSSR count). The first-order chi connectivity index (χ1) is 17.4. The molecule has 2 aromatic carbocycles. The normalized spacial score (nSPS) is 13.0. The minimum atomic E-state index is 0.00922. The van der Waals surface area contributed by atoms with Crippen molar-refractivity contribution in [2.75, 3.05) is 26.2 Å². The van der Waals surface area contributed by atoms with Gasteiger partial charge in [-0.25, -0.2) is 9.97 Å². The first-order valence-electron chi connectivity index (χ1n) is 12.0. The van der Waals surface area contributed by atoms with Crippen molar-refractivity contribution in [1.82, 2.24) is 14.9 Å². The molecule has 0 aliphatic heterocycles. The lowest BCUT2D eigenvalue weighted by molar-refractivity contribution is 0.0729. The van der Waals surface area contributed by atoms with Crippen LogP contribution in [0.3, 0.4) is 0 Å². The Morgan fingerprint density at radius 3 is 2.50 bits per heavy atom. The number of amides is 1. The van der Waals surface area contributed by atoms with E-state index in [9.17, 15) is 4.79 Å². The molecule has 1 saturated carbocycles. The highest BCUT2D eigenvalue weighted by Crippen LogP contribution is 2.34. The van der Waals surface area contributed by atoms with Gasteiger partial charge in [-0.3, -0.25) is 4.79 Å². The van der Waals surface area contributed by atoms with Gasteiger partial charge in [0, 0.05) is 47.6 Å². The number of carbonyl (C=O) groups excluding carboxylic acids is 1. The largest absolute Gasteiger partial charge is 0.497 e. The minimum Gasteiger partial charge on any atom is -0.497 e. The predicted octanol–water partition coefficient (Wildman–Crippen LogP) is 5.46. The number of pyridine rings is 1. The number of hydrogen-bond acceptors (Lipinski definition) is 7. The molecule has 1 aliphatic rings. The molecule has 8 heteroatoms. The molecular formula is C28H30N4O3S. The molecule has 2 heterocycles. The number of aromatic nitrogens is 2. The molecule has 0 spiro atoms. The van der Waals surface area contributed by atoms with Crippen LogP contribution < -0.4 is 14.4 Å². The maximum atomic E-state index is 13.6. The zero-order valence-electron chi connectivity index (χ0n) is 21.0. The second-order valence-corrected chi connectivity index (χ2v) is 10.2. The lowest BCUT2D eigenvalue weighted by Crippen LogP contribution is -2.33. The molecule has 0 saturated heterocycles. The highest BCUT2D eigenvalue weighted by atomic mass is 32.1. The summed E-state index contributed by atoms with van der Waals surface area (Å²) in [5.41, 5.74) is 3.49. The fraction of sp³-hybridized carbons (Fsp3) is 0.321. The number of thiazole rings is 1. The van der Waals surface area contributed by atoms with E-state index < -0.39 is 0 Å². The summed E-state index contributed by atoms with van der Waals surface area (Å²) in [5, 5.41) is 4.13. The molecule has 0 bridgehead atoms. The molecule has 0 radical (unpaired) electrons. The summed E-state index contributed by atoms with van der Waals surface area (Å²) in [6, 6.07) is 15.7. The number of anilines is 1. The lowest BCUT2D eigenvalue weighted by atomic mass is 10.1. The van der Waals surface area contributed by atoms with Gasteiger partial charge in [-0.05, 0) is 56.2 Å². The maximum Gasteiger partial charge on any atom is 0.254 e. The Morgan fingerprint density at radius 1 is 1.03 bits per heavy atom. The van der Waals surface area contributed by atoms with E-state index in [-0.39, 0.29) is 11.9 Å². The van der Waals surface area contributed by atoms with Crippen molar-refractivity contribution in [2.45, 2.75) is 38.9 Å². The Balaban J connectivity index is 1.52. The van der Waals surface area contributed by atoms with Crippen LogP contribution in [-0.2, 0) is 13.1 Å². The van der Waals surface area contributed by atoms with Crippen LogP contribution in [0.1, 0.15) is 39.5 Å². The Morgan fingerprint density at radius 2 is 1.81 bits per heavy atom. The van der Waals surface area contributed by atoms with Gasteiger partial charge in [0.1, 0.15) is 17.3 Å². The summed E-state index contributed by atoms with van der Waals surface area (Å²) in [5.74, 6) is 2.29. The molecule has 4 aromatic rings. The van der Waals surface area contributed by atoms with Gasteiger partial charge >= 0.3 is 0 Å². The van der Waals surface area contributed by atoms with Crippen molar-refractivity contribution < 1.29 is 14.3 Å². The van der Waals surface area contributed by atoms with E-state index in [1.165, 1.54) is 0 Å². The summed E-state index contributed by atoms with van der Waals surface area (Å²) in [6.07, 6.45) is 2.02. The van der Waals surface area contributed by atoms with E-state index >= 15 is 0 Å². The predicted molar refractivity (Wildman–Crippen MR) is 143 cm³/mol. The third-order valence-corrected chi connectivity index (χ3v) is 7.24. The average molecular weight is 503 g/mol. The van der Waals surface area contributed by atoms with Gasteiger partial charge in [0.05, 0.1) is 37.0 Å². The Bertz CT molecular complexity index is 1400. The minimum absolute atomic E-state index is 0.00922. The second kappa shape index (κ2) is 10.1. The Labute approximate surface area is 215 Å². The second-order valence-electron chi connectivity index (χ2n) is 9.14. The summed E-state index contributed by atoms with van der Waals surface area (Å²) < 4.78 is 10.8. The highest BCUT2D eigenvalue weighted by molar-refractivity contribution is 7.09. The van der Waals surface area contributed by atoms with Crippen molar-refractivity contribution in [1.29, 1.82) is 0 Å². The first-order valence-corrected chi connectivity index (χ1v) is 12.9. The van der Waals surface area contributed by atoms with Crippen molar-refractivity contribution in [3.8, 4) is 11.5 Å². The maximum absolute atomic E-state index is 13.6. The van der Waals surface area contributed by atoms with Crippen LogP contribution in [0.2, 0.25) is 0 Å². The van der Waals surface area contributed by atoms with Crippen molar-refractivity contribution in [2.24, 2.45) is 0 Å². The number of fused-ring (bicyclic) bond motifs is 1. The van der Waals surface area contributed by atoms with Gasteiger partial charge in [-0.15, -0.1) is 11.3 Å². The van der Waals surface area contributed by atoms with Gasteiger partial charge in [0.2, 0.25) is 0 Å². The third kappa shape index (κ3) is 5.14. The summed E-state index contributed by atoms with van der Waals surface area (Å²) in [7, 11) is 5.30. The standard InChI is InChI=1S/C28H30N4O3S/c1-18-29-22(17-36-18)16-31(2)27-21(12-19-8-11-25(35-4)14-26(19)30-27)15-32(23-9-10-23)28(33)20-6-5-7-24(13-20)34-3/h5-8,11-14,17,23H,9-10,15-16H2,1-4H3. The fourth-order valence-corrected chi connectivity index (χ4v) is 5.02. The zero-order chi connectivity index (χ0) is 25.2. The molecule has 0 unspecified atom stereocenters. The van der Waals surface area contributed by atoms with Gasteiger partial charge in [0.15, 0.2) is 0 Å². The van der Waals surface area contributed by atoms with E-state index in [1.54, 1.807) is 31.6 Å². The number of carbonyl (C=O) groups is 1. The van der Waals surface area contributed by atoms with Crippen LogP contribution >= 0.6 is 11.3 Å². The fourth-order valence-electron chi connectivity index (χ4n) is 4.41. The van der Waals surface area contributed by atoms with Crippen LogP contribution in [0, 0.1) is 6.92 Å². The zero-order valence-corrected chi connectivity index (χ0v) is 21.8. The number of aryl methyl sites for hydroxylation is 1. The smallest absolute Gasteiger partial charge is 0.254 e. The van der Waals surface area contributed by atoms with E-state index in [0.717, 1.165) is 51.6 Å². The molecule has 2 aromatic heterocycles. The van der Waals surface area contributed by atoms with E-state index in [1.807, 2.05) is 55.3 Å². The molecule has 1 amide bonds. The monoisotopic (exact) mass is 502 g/mol. The van der Waals surface area contributed by atoms with Crippen molar-refractivity contribution in [3.63, 3.8) is 0 Å². The van der Waals surface area contributed by atoms with E-state index in [0.29, 0.717) is 24.4 Å². The van der Waals surface area contributed by atoms with E-state index in [2.05, 4.69) is 21.3 Å². The van der Waals surface area contributed by atoms with Gasteiger partial charge in [-0.1, -0.05) is 6.07 Å². The van der Waals surface area contributed by atoms with Crippen LogP contribution in [-0.4, -0.2) is 48.1 Å². The van der Waals surface area contributed by atoms with Crippen molar-refractivity contribution >= 4 is 34.0 Å². The summed E-state index contributed by atoms with van der Waals surface area (Å²) in [4.78, 5) is 27.4. The summed E-state index contributed by atoms with van der Waals surface area (Å²) in [6.45, 7) is 3.12. The van der Waals surface area contributed by atoms with Crippen LogP contribution in [0.15, 0.2) is 53.9 Å². The van der Waals surface area contributed by atoms with Gasteiger partial charge in [-0.2, -0.15) is 0 Å². The molecule has 0 atom stereocenters. The third-order valence-electron chi connectivity index (χ3n) is 6.41. The number of methoxy groups -OCH3 is 2. The Hall–Kier alpha value is -3.65. The first kappa shape index (κ1) is 24.1. The number of hydrogen-bond donors (Lipinski definition) is 0. The van der Waals surface area contributed by atoms with Crippen LogP contribution in [0.5, 0.6) is 11.5 Å².